The van der Waals surface area contributed by atoms with Crippen LogP contribution in [0.15, 0.2) is 133 Å². The van der Waals surface area contributed by atoms with Gasteiger partial charge in [0.25, 0.3) is 0 Å². The molecule has 6 heteroatoms. The van der Waals surface area contributed by atoms with Crippen LogP contribution in [-0.4, -0.2) is 41.9 Å². The zero-order valence-electron chi connectivity index (χ0n) is 23.5. The van der Waals surface area contributed by atoms with E-state index in [4.69, 9.17) is 23.7 Å². The van der Waals surface area contributed by atoms with Crippen LogP contribution in [0.5, 0.6) is 0 Å². The molecule has 1 heterocycles. The average Bonchev–Trinajstić information content (AvgIpc) is 3.69. The Bertz CT molecular complexity index is 1430. The fraction of sp³-hybridized carbons (Fsp3) is 0.278. The highest BCUT2D eigenvalue weighted by Gasteiger charge is 2.72. The molecular weight excluding hydrogens is 528 g/mol. The molecule has 3 unspecified atom stereocenters. The third kappa shape index (κ3) is 6.40. The third-order valence-electron chi connectivity index (χ3n) is 7.72. The van der Waals surface area contributed by atoms with Gasteiger partial charge in [-0.05, 0) is 28.3 Å². The van der Waals surface area contributed by atoms with E-state index in [1.165, 1.54) is 0 Å². The molecule has 6 nitrogen and oxygen atoms in total. The molecule has 42 heavy (non-hydrogen) atoms. The van der Waals surface area contributed by atoms with Gasteiger partial charge in [0.15, 0.2) is 5.60 Å². The van der Waals surface area contributed by atoms with Crippen molar-refractivity contribution in [1.82, 2.24) is 0 Å². The number of hydrogen-bond donors (Lipinski definition) is 1. The second kappa shape index (κ2) is 13.1. The minimum atomic E-state index is -1.24. The van der Waals surface area contributed by atoms with Crippen molar-refractivity contribution in [3.05, 3.63) is 155 Å². The van der Waals surface area contributed by atoms with Gasteiger partial charge >= 0.3 is 0 Å². The lowest BCUT2D eigenvalue weighted by Crippen LogP contribution is -2.52. The molecule has 1 fully saturated rings. The maximum Gasteiger partial charge on any atom is 0.213 e. The lowest BCUT2D eigenvalue weighted by Gasteiger charge is -2.39. The maximum atomic E-state index is 10.7. The Labute approximate surface area is 247 Å². The lowest BCUT2D eigenvalue weighted by molar-refractivity contribution is -0.290. The van der Waals surface area contributed by atoms with Gasteiger partial charge in [-0.3, -0.25) is 0 Å². The highest BCUT2D eigenvalue weighted by atomic mass is 16.7. The number of aliphatic hydroxyl groups is 1. The van der Waals surface area contributed by atoms with Gasteiger partial charge < -0.3 is 28.8 Å². The number of benzene rings is 4. The molecule has 4 atom stereocenters. The van der Waals surface area contributed by atoms with Gasteiger partial charge in [-0.25, -0.2) is 0 Å². The van der Waals surface area contributed by atoms with Gasteiger partial charge in [0.2, 0.25) is 5.79 Å². The standard InChI is InChI=1S/C36H36O6/c37-22-33-36(41-26-31-19-11-4-12-20-31)32(34(36)39-24-29-15-7-2-8-16-29)21-35(42-33,40-25-30-17-9-3-10-18-30)27-38-23-28-13-5-1-6-14-28/h1-21,33-34,37H,22-27H2/t33?,34?,35-,36?/m1/s1. The first-order valence-corrected chi connectivity index (χ1v) is 14.4. The van der Waals surface area contributed by atoms with Gasteiger partial charge in [0.1, 0.15) is 18.8 Å². The van der Waals surface area contributed by atoms with E-state index in [-0.39, 0.29) is 13.2 Å². The molecule has 0 bridgehead atoms. The van der Waals surface area contributed by atoms with Gasteiger partial charge in [0, 0.05) is 5.57 Å². The molecule has 216 valence electrons. The Morgan fingerprint density at radius 3 is 1.60 bits per heavy atom. The van der Waals surface area contributed by atoms with Crippen molar-refractivity contribution in [3.63, 3.8) is 0 Å². The van der Waals surface area contributed by atoms with Crippen molar-refractivity contribution >= 4 is 0 Å². The van der Waals surface area contributed by atoms with E-state index in [0.717, 1.165) is 27.8 Å². The highest BCUT2D eigenvalue weighted by molar-refractivity contribution is 5.50. The van der Waals surface area contributed by atoms with Crippen molar-refractivity contribution in [1.29, 1.82) is 0 Å². The Morgan fingerprint density at radius 2 is 1.07 bits per heavy atom. The highest BCUT2D eigenvalue weighted by Crippen LogP contribution is 2.57. The SMILES string of the molecule is OCC1O[C@](COCc2ccccc2)(OCc2ccccc2)C=C2C(OCc3ccccc3)C21OCc1ccccc1. The molecular formula is C36H36O6. The summed E-state index contributed by atoms with van der Waals surface area (Å²) < 4.78 is 32.4. The Morgan fingerprint density at radius 1 is 0.595 bits per heavy atom. The van der Waals surface area contributed by atoms with Crippen LogP contribution in [-0.2, 0) is 50.1 Å². The zero-order chi connectivity index (χ0) is 28.7. The van der Waals surface area contributed by atoms with Gasteiger partial charge in [-0.2, -0.15) is 0 Å². The summed E-state index contributed by atoms with van der Waals surface area (Å²) in [5.41, 5.74) is 4.11. The van der Waals surface area contributed by atoms with Crippen LogP contribution in [0.1, 0.15) is 22.3 Å². The molecule has 4 aromatic carbocycles. The second-order valence-corrected chi connectivity index (χ2v) is 10.7. The van der Waals surface area contributed by atoms with Crippen LogP contribution >= 0.6 is 0 Å². The summed E-state index contributed by atoms with van der Waals surface area (Å²) in [6.07, 6.45) is 0.821. The number of ether oxygens (including phenoxy) is 5. The Kier molecular flexibility index (Phi) is 8.91. The van der Waals surface area contributed by atoms with E-state index in [1.807, 2.05) is 127 Å². The van der Waals surface area contributed by atoms with Gasteiger partial charge in [-0.15, -0.1) is 0 Å². The summed E-state index contributed by atoms with van der Waals surface area (Å²) in [5.74, 6) is -1.24. The van der Waals surface area contributed by atoms with Crippen LogP contribution in [0.2, 0.25) is 0 Å². The van der Waals surface area contributed by atoms with Crippen LogP contribution in [0.25, 0.3) is 0 Å². The average molecular weight is 565 g/mol. The van der Waals surface area contributed by atoms with Crippen molar-refractivity contribution in [2.24, 2.45) is 0 Å². The van der Waals surface area contributed by atoms with E-state index in [9.17, 15) is 5.11 Å². The molecule has 1 saturated carbocycles. The lowest BCUT2D eigenvalue weighted by atomic mass is 10.1. The molecule has 1 N–H and O–H groups in total. The van der Waals surface area contributed by atoms with Crippen LogP contribution in [0, 0.1) is 0 Å². The molecule has 1 aliphatic carbocycles. The quantitative estimate of drug-likeness (QED) is 0.190. The molecule has 1 aliphatic heterocycles. The molecule has 0 radical (unpaired) electrons. The monoisotopic (exact) mass is 564 g/mol. The van der Waals surface area contributed by atoms with Crippen LogP contribution in [0.3, 0.4) is 0 Å². The van der Waals surface area contributed by atoms with Crippen molar-refractivity contribution < 1.29 is 28.8 Å². The van der Waals surface area contributed by atoms with E-state index in [1.54, 1.807) is 0 Å². The van der Waals surface area contributed by atoms with Crippen molar-refractivity contribution in [2.75, 3.05) is 13.2 Å². The fourth-order valence-corrected chi connectivity index (χ4v) is 5.49. The minimum absolute atomic E-state index is 0.134. The summed E-state index contributed by atoms with van der Waals surface area (Å²) in [6, 6.07) is 39.9. The smallest absolute Gasteiger partial charge is 0.213 e. The number of hydrogen-bond acceptors (Lipinski definition) is 6. The second-order valence-electron chi connectivity index (χ2n) is 10.7. The topological polar surface area (TPSA) is 66.4 Å². The first-order chi connectivity index (χ1) is 20.7. The normalized spacial score (nSPS) is 24.5. The van der Waals surface area contributed by atoms with E-state index in [2.05, 4.69) is 0 Å². The predicted molar refractivity (Wildman–Crippen MR) is 159 cm³/mol. The van der Waals surface area contributed by atoms with E-state index < -0.39 is 23.6 Å². The zero-order valence-corrected chi connectivity index (χ0v) is 23.5. The van der Waals surface area contributed by atoms with Gasteiger partial charge in [-0.1, -0.05) is 121 Å². The third-order valence-corrected chi connectivity index (χ3v) is 7.72. The molecule has 4 aromatic rings. The summed E-state index contributed by atoms with van der Waals surface area (Å²) in [5, 5.41) is 10.7. The fourth-order valence-electron chi connectivity index (χ4n) is 5.49. The van der Waals surface area contributed by atoms with Crippen molar-refractivity contribution in [2.45, 2.75) is 50.0 Å². The van der Waals surface area contributed by atoms with E-state index in [0.29, 0.717) is 26.4 Å². The number of aliphatic hydroxyl groups excluding tert-OH is 1. The summed E-state index contributed by atoms with van der Waals surface area (Å²) in [6.45, 7) is 1.33. The summed E-state index contributed by atoms with van der Waals surface area (Å²) in [4.78, 5) is 0. The Hall–Kier alpha value is -3.62. The largest absolute Gasteiger partial charge is 0.394 e. The van der Waals surface area contributed by atoms with Crippen LogP contribution < -0.4 is 0 Å². The minimum Gasteiger partial charge on any atom is -0.394 e. The number of fused-ring (bicyclic) bond motifs is 1. The number of rotatable bonds is 14. The van der Waals surface area contributed by atoms with Crippen molar-refractivity contribution in [3.8, 4) is 0 Å². The summed E-state index contributed by atoms with van der Waals surface area (Å²) >= 11 is 0. The first-order valence-electron chi connectivity index (χ1n) is 14.4. The van der Waals surface area contributed by atoms with Gasteiger partial charge in [0.05, 0.1) is 33.0 Å². The predicted octanol–water partition coefficient (Wildman–Crippen LogP) is 5.99. The molecule has 0 amide bonds. The van der Waals surface area contributed by atoms with E-state index >= 15 is 0 Å². The molecule has 2 aliphatic rings. The molecule has 0 spiro atoms. The molecule has 0 aromatic heterocycles. The first kappa shape index (κ1) is 28.5. The molecule has 0 saturated heterocycles. The maximum absolute atomic E-state index is 10.7. The van der Waals surface area contributed by atoms with Crippen LogP contribution in [0.4, 0.5) is 0 Å². The summed E-state index contributed by atoms with van der Waals surface area (Å²) in [7, 11) is 0. The molecule has 6 rings (SSSR count). The Balaban J connectivity index is 1.29.